The molecule has 4 heterocycles. The van der Waals surface area contributed by atoms with Crippen LogP contribution in [0.2, 0.25) is 0 Å². The molecule has 4 aliphatic rings. The number of fused-ring (bicyclic) bond motifs is 2. The monoisotopic (exact) mass is 1050 g/mol. The maximum Gasteiger partial charge on any atom is 0.407 e. The number of methoxy groups -OCH3 is 2. The van der Waals surface area contributed by atoms with Gasteiger partial charge in [0.1, 0.15) is 17.9 Å². The lowest BCUT2D eigenvalue weighted by molar-refractivity contribution is -0.132. The number of carbonyl (C=O) groups is 4. The summed E-state index contributed by atoms with van der Waals surface area (Å²) < 4.78 is 8.39. The van der Waals surface area contributed by atoms with E-state index in [0.717, 1.165) is 80.1 Å². The molecule has 2 aliphatic heterocycles. The number of likely N-dealkylation sites (tertiary alicyclic amines) is 2. The van der Waals surface area contributed by atoms with E-state index in [1.807, 2.05) is 90.1 Å². The van der Waals surface area contributed by atoms with Gasteiger partial charge in [-0.05, 0) is 131 Å². The second kappa shape index (κ2) is 27.6. The van der Waals surface area contributed by atoms with Gasteiger partial charge in [0.05, 0.1) is 56.1 Å². The molecular weight excluding hydrogens is 977 g/mol. The number of amides is 3. The number of nitrogens with zero attached hydrogens (tertiary/aromatic N) is 4. The van der Waals surface area contributed by atoms with E-state index in [2.05, 4.69) is 118 Å². The van der Waals surface area contributed by atoms with Gasteiger partial charge in [-0.2, -0.15) is 0 Å². The van der Waals surface area contributed by atoms with E-state index >= 15 is 0 Å². The molecule has 4 N–H and O–H groups in total. The van der Waals surface area contributed by atoms with Gasteiger partial charge in [-0.15, -0.1) is 0 Å². The summed E-state index contributed by atoms with van der Waals surface area (Å²) in [7, 11) is 6.68. The zero-order chi connectivity index (χ0) is 55.7. The molecule has 0 radical (unpaired) electrons. The number of imidazole rings is 2. The Balaban J connectivity index is 0.000000318. The van der Waals surface area contributed by atoms with E-state index in [1.54, 1.807) is 14.2 Å². The fourth-order valence-corrected chi connectivity index (χ4v) is 11.4. The van der Waals surface area contributed by atoms with Gasteiger partial charge in [-0.3, -0.25) is 14.5 Å². The van der Waals surface area contributed by atoms with Crippen LogP contribution in [-0.4, -0.2) is 109 Å². The average Bonchev–Trinajstić information content (AvgIpc) is 4.54. The highest BCUT2D eigenvalue weighted by atomic mass is 16.5. The van der Waals surface area contributed by atoms with Crippen molar-refractivity contribution in [3.05, 3.63) is 168 Å². The number of aromatic nitrogens is 4. The van der Waals surface area contributed by atoms with Crippen LogP contribution in [0.5, 0.6) is 0 Å². The van der Waals surface area contributed by atoms with E-state index in [1.165, 1.54) is 63.6 Å². The number of hydrogen-bond acceptors (Lipinski definition) is 9. The van der Waals surface area contributed by atoms with E-state index in [4.69, 9.17) is 9.97 Å². The minimum Gasteiger partial charge on any atom is -0.453 e. The predicted octanol–water partition coefficient (Wildman–Crippen LogP) is 11.6. The summed E-state index contributed by atoms with van der Waals surface area (Å²) in [5.41, 5.74) is 16.0. The van der Waals surface area contributed by atoms with Crippen molar-refractivity contribution in [2.75, 3.05) is 54.6 Å². The largest absolute Gasteiger partial charge is 0.453 e. The van der Waals surface area contributed by atoms with Gasteiger partial charge < -0.3 is 39.8 Å². The number of alkyl carbamates (subject to hydrolysis) is 1. The summed E-state index contributed by atoms with van der Waals surface area (Å²) in [4.78, 5) is 64.1. The highest BCUT2D eigenvalue weighted by Crippen LogP contribution is 2.56. The molecule has 2 aliphatic carbocycles. The minimum absolute atomic E-state index is 0.00662. The number of hydrogen-bond donors (Lipinski definition) is 4. The summed E-state index contributed by atoms with van der Waals surface area (Å²) >= 11 is 0. The summed E-state index contributed by atoms with van der Waals surface area (Å²) in [5, 5.41) is 4.66. The van der Waals surface area contributed by atoms with Gasteiger partial charge >= 0.3 is 6.09 Å². The average molecular weight is 1060 g/mol. The van der Waals surface area contributed by atoms with Gasteiger partial charge in [-0.1, -0.05) is 149 Å². The topological polar surface area (TPSA) is 175 Å². The fraction of sp³-hybridized carbons (Fsp3) is 0.375. The number of nitrogens with one attached hydrogen (secondary N) is 4. The van der Waals surface area contributed by atoms with Crippen LogP contribution in [0.25, 0.3) is 44.8 Å². The van der Waals surface area contributed by atoms with E-state index in [9.17, 15) is 19.2 Å². The van der Waals surface area contributed by atoms with Crippen molar-refractivity contribution in [1.82, 2.24) is 40.4 Å². The quantitative estimate of drug-likeness (QED) is 0.0919. The number of rotatable bonds is 11. The molecule has 2 unspecified atom stereocenters. The lowest BCUT2D eigenvalue weighted by Crippen LogP contribution is -2.37. The molecule has 11 rings (SSSR count). The Labute approximate surface area is 460 Å². The lowest BCUT2D eigenvalue weighted by atomic mass is 9.73. The third-order valence-corrected chi connectivity index (χ3v) is 15.1. The third kappa shape index (κ3) is 14.1. The van der Waals surface area contributed by atoms with Crippen LogP contribution in [0, 0.1) is 0 Å². The van der Waals surface area contributed by atoms with Crippen molar-refractivity contribution in [3.8, 4) is 44.8 Å². The van der Waals surface area contributed by atoms with Crippen molar-refractivity contribution in [2.24, 2.45) is 0 Å². The third-order valence-electron chi connectivity index (χ3n) is 15.1. The molecule has 3 amide bonds. The smallest absolute Gasteiger partial charge is 0.407 e. The van der Waals surface area contributed by atoms with Crippen LogP contribution >= 0.6 is 0 Å². The molecule has 2 fully saturated rings. The first kappa shape index (κ1) is 58.0. The number of aldehydes is 1. The van der Waals surface area contributed by atoms with Crippen LogP contribution in [0.15, 0.2) is 134 Å². The molecule has 0 saturated carbocycles. The minimum atomic E-state index is -0.586. The molecule has 5 aromatic carbocycles. The van der Waals surface area contributed by atoms with E-state index in [0.29, 0.717) is 25.3 Å². The van der Waals surface area contributed by atoms with Crippen LogP contribution in [0.1, 0.15) is 112 Å². The number of ether oxygens (including phenoxy) is 2. The number of H-pyrrole nitrogens is 2. The molecular formula is C64H78N8O6. The molecule has 2 atom stereocenters. The van der Waals surface area contributed by atoms with Crippen molar-refractivity contribution >= 4 is 24.7 Å². The summed E-state index contributed by atoms with van der Waals surface area (Å²) in [5.74, 6) is 1.79. The molecule has 410 valence electrons. The van der Waals surface area contributed by atoms with Gasteiger partial charge in [-0.25, -0.2) is 14.8 Å². The lowest BCUT2D eigenvalue weighted by Gasteiger charge is -2.30. The van der Waals surface area contributed by atoms with E-state index < -0.39 is 6.09 Å². The normalized spacial score (nSPS) is 17.2. The molecule has 14 nitrogen and oxygen atoms in total. The first-order valence-corrected chi connectivity index (χ1v) is 27.1. The van der Waals surface area contributed by atoms with Crippen LogP contribution < -0.4 is 10.6 Å². The molecule has 78 heavy (non-hydrogen) atoms. The Hall–Kier alpha value is -7.68. The summed E-state index contributed by atoms with van der Waals surface area (Å²) in [6.45, 7) is 11.6. The Bertz CT molecular complexity index is 2940. The first-order valence-electron chi connectivity index (χ1n) is 27.1. The fourth-order valence-electron chi connectivity index (χ4n) is 11.4. The number of aromatic amines is 2. The van der Waals surface area contributed by atoms with Gasteiger partial charge in [0.25, 0.3) is 0 Å². The summed E-state index contributed by atoms with van der Waals surface area (Å²) in [6.07, 6.45) is 13.0. The second-order valence-corrected chi connectivity index (χ2v) is 21.4. The number of carbonyl (C=O) groups excluding carboxylic acids is 4. The molecule has 7 aromatic rings. The zero-order valence-corrected chi connectivity index (χ0v) is 46.7. The highest BCUT2D eigenvalue weighted by molar-refractivity contribution is 5.88. The second-order valence-electron chi connectivity index (χ2n) is 21.4. The Morgan fingerprint density at radius 3 is 1.45 bits per heavy atom. The van der Waals surface area contributed by atoms with Gasteiger partial charge in [0.15, 0.2) is 0 Å². The van der Waals surface area contributed by atoms with Crippen molar-refractivity contribution in [1.29, 1.82) is 0 Å². The summed E-state index contributed by atoms with van der Waals surface area (Å²) in [6, 6.07) is 42.6. The van der Waals surface area contributed by atoms with Crippen molar-refractivity contribution in [3.63, 3.8) is 0 Å². The zero-order valence-electron chi connectivity index (χ0n) is 46.7. The molecule has 0 bridgehead atoms. The van der Waals surface area contributed by atoms with Crippen LogP contribution in [0.4, 0.5) is 4.79 Å². The maximum atomic E-state index is 12.8. The van der Waals surface area contributed by atoms with Gasteiger partial charge in [0, 0.05) is 20.8 Å². The molecule has 14 heteroatoms. The van der Waals surface area contributed by atoms with Crippen molar-refractivity contribution < 1.29 is 28.7 Å². The first-order chi connectivity index (χ1) is 37.8. The Kier molecular flexibility index (Phi) is 20.5. The van der Waals surface area contributed by atoms with Crippen LogP contribution in [0.3, 0.4) is 0 Å². The highest BCUT2D eigenvalue weighted by Gasteiger charge is 2.43. The molecule has 2 saturated heterocycles. The Morgan fingerprint density at radius 1 is 0.641 bits per heavy atom. The predicted molar refractivity (Wildman–Crippen MR) is 310 cm³/mol. The van der Waals surface area contributed by atoms with Crippen molar-refractivity contribution in [2.45, 2.75) is 102 Å². The van der Waals surface area contributed by atoms with E-state index in [-0.39, 0.29) is 35.9 Å². The SMILES string of the molecule is CN1CCCC1c1ncc(-c2ccc(-c3c4c(c(-c5ccc(-c6cnc(C7CCCN7C(=O)CNC=O)[nH]6)cc5)c5c3C(C)(C)CC5)C(C)(C)CC4)cc2)[nH]1.COC.COC(=O)NCC=O.c1ccccc1.c1ccccc1. The molecule has 2 aromatic heterocycles. The standard InChI is InChI=1S/C46H53N7O2.2C6H6.C4H7NO3.C2H6O/c1-45(2)21-19-33-40(31-16-12-29(13-17-31)35-25-49-44(51-35)37-9-7-23-53(37)38(55)26-47-27-54)42-32(18-20-46(42,3)4)39(41(33)45)30-14-10-28(11-15-30)34-24-48-43(50-34)36-8-6-22-52(36)5;2*1-2-4-6-5-3-1;1-8-4(7)5-2-3-6;1-3-2/h10-17,24-25,27,36-37H,6-9,18-23,26H2,1-5H3,(H,47,54)(H,48,50)(H,49,51);2*1-6H;3H,2H2,1H3,(H,5,7);1-2H3. The van der Waals surface area contributed by atoms with Gasteiger partial charge in [0.2, 0.25) is 12.3 Å². The number of benzene rings is 5. The molecule has 0 spiro atoms. The Morgan fingerprint density at radius 2 is 1.05 bits per heavy atom. The van der Waals surface area contributed by atoms with Crippen LogP contribution in [-0.2, 0) is 47.5 Å². The maximum absolute atomic E-state index is 12.8.